The number of ether oxygens (including phenoxy) is 1. The molecule has 96 valence electrons. The van der Waals surface area contributed by atoms with Crippen molar-refractivity contribution in [3.05, 3.63) is 51.9 Å². The normalized spacial score (nSPS) is 12.4. The maximum absolute atomic E-state index is 6.15. The van der Waals surface area contributed by atoms with Crippen molar-refractivity contribution in [1.82, 2.24) is 0 Å². The van der Waals surface area contributed by atoms with Gasteiger partial charge in [0.1, 0.15) is 17.3 Å². The van der Waals surface area contributed by atoms with Crippen LogP contribution >= 0.6 is 15.9 Å². The number of nitrogens with two attached hydrogens (primary N) is 1. The second kappa shape index (κ2) is 5.59. The highest BCUT2D eigenvalue weighted by atomic mass is 79.9. The van der Waals surface area contributed by atoms with E-state index in [4.69, 9.17) is 14.9 Å². The average Bonchev–Trinajstić information content (AvgIpc) is 2.76. The standard InChI is InChI=1S/C14H16BrNO2/c1-9-3-5-14(18-9)12(16)8-10-7-11(15)4-6-13(10)17-2/h3-7,12H,8,16H2,1-2H3. The van der Waals surface area contributed by atoms with Crippen molar-refractivity contribution in [3.8, 4) is 5.75 Å². The van der Waals surface area contributed by atoms with Crippen molar-refractivity contribution in [1.29, 1.82) is 0 Å². The minimum Gasteiger partial charge on any atom is -0.496 e. The van der Waals surface area contributed by atoms with Gasteiger partial charge in [0.2, 0.25) is 0 Å². The number of methoxy groups -OCH3 is 1. The molecule has 18 heavy (non-hydrogen) atoms. The lowest BCUT2D eigenvalue weighted by molar-refractivity contribution is 0.403. The van der Waals surface area contributed by atoms with Gasteiger partial charge < -0.3 is 14.9 Å². The van der Waals surface area contributed by atoms with Gasteiger partial charge in [-0.15, -0.1) is 0 Å². The minimum atomic E-state index is -0.165. The van der Waals surface area contributed by atoms with Gasteiger partial charge in [-0.3, -0.25) is 0 Å². The molecule has 0 fully saturated rings. The third-order valence-corrected chi connectivity index (χ3v) is 3.30. The molecule has 2 rings (SSSR count). The summed E-state index contributed by atoms with van der Waals surface area (Å²) in [7, 11) is 1.66. The van der Waals surface area contributed by atoms with Crippen molar-refractivity contribution in [3.63, 3.8) is 0 Å². The van der Waals surface area contributed by atoms with Gasteiger partial charge in [0, 0.05) is 4.47 Å². The summed E-state index contributed by atoms with van der Waals surface area (Å²) in [5, 5.41) is 0. The molecule has 0 saturated heterocycles. The lowest BCUT2D eigenvalue weighted by Gasteiger charge is -2.13. The summed E-state index contributed by atoms with van der Waals surface area (Å²) < 4.78 is 11.9. The van der Waals surface area contributed by atoms with Gasteiger partial charge in [0.05, 0.1) is 13.2 Å². The molecule has 0 spiro atoms. The van der Waals surface area contributed by atoms with Crippen molar-refractivity contribution < 1.29 is 9.15 Å². The molecule has 1 aromatic heterocycles. The van der Waals surface area contributed by atoms with Crippen molar-refractivity contribution in [2.45, 2.75) is 19.4 Å². The van der Waals surface area contributed by atoms with Gasteiger partial charge >= 0.3 is 0 Å². The topological polar surface area (TPSA) is 48.4 Å². The second-order valence-electron chi connectivity index (χ2n) is 4.22. The van der Waals surface area contributed by atoms with Crippen LogP contribution in [0.5, 0.6) is 5.75 Å². The van der Waals surface area contributed by atoms with Crippen LogP contribution in [0.1, 0.15) is 23.1 Å². The summed E-state index contributed by atoms with van der Waals surface area (Å²) in [5.41, 5.74) is 7.21. The average molecular weight is 310 g/mol. The van der Waals surface area contributed by atoms with Crippen LogP contribution in [0.4, 0.5) is 0 Å². The third-order valence-electron chi connectivity index (χ3n) is 2.81. The second-order valence-corrected chi connectivity index (χ2v) is 5.13. The zero-order valence-electron chi connectivity index (χ0n) is 10.4. The highest BCUT2D eigenvalue weighted by Crippen LogP contribution is 2.27. The summed E-state index contributed by atoms with van der Waals surface area (Å²) in [6.45, 7) is 1.91. The van der Waals surface area contributed by atoms with E-state index < -0.39 is 0 Å². The van der Waals surface area contributed by atoms with E-state index in [1.807, 2.05) is 37.3 Å². The molecule has 1 heterocycles. The first-order chi connectivity index (χ1) is 8.60. The molecule has 0 radical (unpaired) electrons. The number of benzene rings is 1. The van der Waals surface area contributed by atoms with E-state index in [2.05, 4.69) is 15.9 Å². The molecule has 4 heteroatoms. The van der Waals surface area contributed by atoms with Crippen LogP contribution in [-0.4, -0.2) is 7.11 Å². The Labute approximate surface area is 115 Å². The van der Waals surface area contributed by atoms with E-state index in [1.165, 1.54) is 0 Å². The fourth-order valence-corrected chi connectivity index (χ4v) is 2.31. The molecule has 1 atom stereocenters. The molecular formula is C14H16BrNO2. The Morgan fingerprint density at radius 2 is 2.11 bits per heavy atom. The Kier molecular flexibility index (Phi) is 4.09. The van der Waals surface area contributed by atoms with Crippen LogP contribution in [-0.2, 0) is 6.42 Å². The van der Waals surface area contributed by atoms with Crippen molar-refractivity contribution in [2.75, 3.05) is 7.11 Å². The highest BCUT2D eigenvalue weighted by Gasteiger charge is 2.14. The Morgan fingerprint density at radius 3 is 2.72 bits per heavy atom. The van der Waals surface area contributed by atoms with Crippen molar-refractivity contribution >= 4 is 15.9 Å². The van der Waals surface area contributed by atoms with Crippen LogP contribution in [0.15, 0.2) is 39.2 Å². The molecule has 0 bridgehead atoms. The summed E-state index contributed by atoms with van der Waals surface area (Å²) in [5.74, 6) is 2.52. The molecule has 0 aliphatic carbocycles. The van der Waals surface area contributed by atoms with Crippen molar-refractivity contribution in [2.24, 2.45) is 5.73 Å². The Morgan fingerprint density at radius 1 is 1.33 bits per heavy atom. The number of aryl methyl sites for hydroxylation is 1. The zero-order valence-corrected chi connectivity index (χ0v) is 12.0. The van der Waals surface area contributed by atoms with E-state index in [0.29, 0.717) is 6.42 Å². The summed E-state index contributed by atoms with van der Waals surface area (Å²) in [4.78, 5) is 0. The van der Waals surface area contributed by atoms with Crippen LogP contribution in [0.2, 0.25) is 0 Å². The molecule has 0 amide bonds. The number of hydrogen-bond acceptors (Lipinski definition) is 3. The fraction of sp³-hybridized carbons (Fsp3) is 0.286. The van der Waals surface area contributed by atoms with Gasteiger partial charge in [0.25, 0.3) is 0 Å². The molecule has 1 aromatic carbocycles. The van der Waals surface area contributed by atoms with Crippen LogP contribution < -0.4 is 10.5 Å². The first-order valence-corrected chi connectivity index (χ1v) is 6.54. The van der Waals surface area contributed by atoms with Crippen LogP contribution in [0.25, 0.3) is 0 Å². The predicted octanol–water partition coefficient (Wildman–Crippen LogP) is 3.60. The van der Waals surface area contributed by atoms with E-state index in [9.17, 15) is 0 Å². The quantitative estimate of drug-likeness (QED) is 0.938. The van der Waals surface area contributed by atoms with Gasteiger partial charge in [-0.1, -0.05) is 15.9 Å². The van der Waals surface area contributed by atoms with Gasteiger partial charge in [-0.25, -0.2) is 0 Å². The molecular weight excluding hydrogens is 294 g/mol. The molecule has 1 unspecified atom stereocenters. The molecule has 0 aliphatic rings. The zero-order chi connectivity index (χ0) is 13.1. The molecule has 0 saturated carbocycles. The molecule has 2 aromatic rings. The first-order valence-electron chi connectivity index (χ1n) is 5.74. The smallest absolute Gasteiger partial charge is 0.122 e. The first kappa shape index (κ1) is 13.2. The van der Waals surface area contributed by atoms with E-state index >= 15 is 0 Å². The molecule has 3 nitrogen and oxygen atoms in total. The lowest BCUT2D eigenvalue weighted by Crippen LogP contribution is -2.13. The summed E-state index contributed by atoms with van der Waals surface area (Å²) in [6, 6.07) is 9.58. The maximum Gasteiger partial charge on any atom is 0.122 e. The molecule has 2 N–H and O–H groups in total. The molecule has 0 aliphatic heterocycles. The van der Waals surface area contributed by atoms with E-state index in [-0.39, 0.29) is 6.04 Å². The highest BCUT2D eigenvalue weighted by molar-refractivity contribution is 9.10. The Bertz CT molecular complexity index is 536. The lowest BCUT2D eigenvalue weighted by atomic mass is 10.0. The third kappa shape index (κ3) is 2.94. The van der Waals surface area contributed by atoms with Gasteiger partial charge in [-0.05, 0) is 49.2 Å². The van der Waals surface area contributed by atoms with E-state index in [0.717, 1.165) is 27.3 Å². The summed E-state index contributed by atoms with van der Waals surface area (Å²) in [6.07, 6.45) is 0.676. The SMILES string of the molecule is COc1ccc(Br)cc1CC(N)c1ccc(C)o1. The number of halogens is 1. The van der Waals surface area contributed by atoms with Crippen LogP contribution in [0.3, 0.4) is 0 Å². The fourth-order valence-electron chi connectivity index (χ4n) is 1.90. The number of hydrogen-bond donors (Lipinski definition) is 1. The van der Waals surface area contributed by atoms with Gasteiger partial charge in [-0.2, -0.15) is 0 Å². The van der Waals surface area contributed by atoms with E-state index in [1.54, 1.807) is 7.11 Å². The minimum absolute atomic E-state index is 0.165. The summed E-state index contributed by atoms with van der Waals surface area (Å²) >= 11 is 3.46. The number of furan rings is 1. The maximum atomic E-state index is 6.15. The Balaban J connectivity index is 2.20. The number of rotatable bonds is 4. The Hall–Kier alpha value is -1.26. The van der Waals surface area contributed by atoms with Gasteiger partial charge in [0.15, 0.2) is 0 Å². The largest absolute Gasteiger partial charge is 0.496 e. The predicted molar refractivity (Wildman–Crippen MR) is 74.8 cm³/mol. The monoisotopic (exact) mass is 309 g/mol. The van der Waals surface area contributed by atoms with Crippen LogP contribution in [0, 0.1) is 6.92 Å².